The molecule has 4 nitrogen and oxygen atoms in total. The monoisotopic (exact) mass is 248 g/mol. The lowest BCUT2D eigenvalue weighted by atomic mass is 10.1. The molecule has 1 aromatic heterocycles. The van der Waals surface area contributed by atoms with Crippen molar-refractivity contribution in [3.63, 3.8) is 0 Å². The Bertz CT molecular complexity index is 391. The Balaban J connectivity index is 2.12. The number of aryl methyl sites for hydroxylation is 1. The van der Waals surface area contributed by atoms with E-state index in [9.17, 15) is 0 Å². The summed E-state index contributed by atoms with van der Waals surface area (Å²) in [5, 5.41) is 0. The number of nitrogens with zero attached hydrogens (tertiary/aromatic N) is 3. The summed E-state index contributed by atoms with van der Waals surface area (Å²) in [6, 6.07) is 2.23. The molecular weight excluding hydrogens is 224 g/mol. The molecule has 0 unspecified atom stereocenters. The minimum absolute atomic E-state index is 0.689. The van der Waals surface area contributed by atoms with E-state index < -0.39 is 0 Å². The third kappa shape index (κ3) is 3.21. The summed E-state index contributed by atoms with van der Waals surface area (Å²) in [5.74, 6) is 1.14. The van der Waals surface area contributed by atoms with Gasteiger partial charge in [-0.15, -0.1) is 0 Å². The normalized spacial score (nSPS) is 17.8. The Morgan fingerprint density at radius 2 is 2.11 bits per heavy atom. The second kappa shape index (κ2) is 6.16. The fraction of sp³-hybridized carbons (Fsp3) is 0.643. The van der Waals surface area contributed by atoms with Crippen LogP contribution in [-0.2, 0) is 6.42 Å². The van der Waals surface area contributed by atoms with Crippen LogP contribution in [-0.4, -0.2) is 49.7 Å². The Hall–Kier alpha value is -1.13. The summed E-state index contributed by atoms with van der Waals surface area (Å²) in [6.07, 6.45) is 4.10. The van der Waals surface area contributed by atoms with Crippen molar-refractivity contribution in [2.45, 2.75) is 19.8 Å². The molecule has 1 saturated heterocycles. The average molecular weight is 248 g/mol. The molecule has 2 heterocycles. The number of anilines is 1. The number of hydrogen-bond donors (Lipinski definition) is 1. The molecule has 1 fully saturated rings. The van der Waals surface area contributed by atoms with Crippen LogP contribution < -0.4 is 10.6 Å². The van der Waals surface area contributed by atoms with E-state index in [-0.39, 0.29) is 0 Å². The van der Waals surface area contributed by atoms with E-state index in [1.54, 1.807) is 0 Å². The molecule has 2 rings (SSSR count). The molecule has 0 aromatic carbocycles. The highest BCUT2D eigenvalue weighted by Gasteiger charge is 2.15. The zero-order chi connectivity index (χ0) is 13.0. The molecule has 18 heavy (non-hydrogen) atoms. The van der Waals surface area contributed by atoms with Crippen LogP contribution >= 0.6 is 0 Å². The van der Waals surface area contributed by atoms with Gasteiger partial charge in [-0.1, -0.05) is 6.07 Å². The number of likely N-dealkylation sites (N-methyl/N-ethyl adjacent to an activating group) is 1. The standard InChI is InChI=1S/C14H24N4/c1-12-10-13(4-5-15)11-16-14(12)18-7-3-6-17(2)8-9-18/h10-11H,3-9,15H2,1-2H3. The van der Waals surface area contributed by atoms with Crippen LogP contribution in [0.2, 0.25) is 0 Å². The number of nitrogens with two attached hydrogens (primary N) is 1. The largest absolute Gasteiger partial charge is 0.355 e. The van der Waals surface area contributed by atoms with Crippen LogP contribution in [0, 0.1) is 6.92 Å². The Labute approximate surface area is 110 Å². The van der Waals surface area contributed by atoms with Crippen LogP contribution in [0.1, 0.15) is 17.5 Å². The summed E-state index contributed by atoms with van der Waals surface area (Å²) in [5.41, 5.74) is 8.09. The third-order valence-electron chi connectivity index (χ3n) is 3.56. The van der Waals surface area contributed by atoms with Gasteiger partial charge in [0.25, 0.3) is 0 Å². The van der Waals surface area contributed by atoms with E-state index in [2.05, 4.69) is 34.8 Å². The number of aromatic nitrogens is 1. The van der Waals surface area contributed by atoms with Crippen molar-refractivity contribution in [1.29, 1.82) is 0 Å². The lowest BCUT2D eigenvalue weighted by Gasteiger charge is -2.23. The van der Waals surface area contributed by atoms with Crippen LogP contribution in [0.15, 0.2) is 12.3 Å². The number of pyridine rings is 1. The van der Waals surface area contributed by atoms with Crippen molar-refractivity contribution < 1.29 is 0 Å². The lowest BCUT2D eigenvalue weighted by molar-refractivity contribution is 0.360. The maximum Gasteiger partial charge on any atom is 0.131 e. The lowest BCUT2D eigenvalue weighted by Crippen LogP contribution is -2.30. The maximum absolute atomic E-state index is 5.58. The van der Waals surface area contributed by atoms with Gasteiger partial charge >= 0.3 is 0 Å². The van der Waals surface area contributed by atoms with Crippen molar-refractivity contribution >= 4 is 5.82 Å². The van der Waals surface area contributed by atoms with Gasteiger partial charge in [-0.3, -0.25) is 0 Å². The van der Waals surface area contributed by atoms with E-state index in [1.165, 1.54) is 24.1 Å². The van der Waals surface area contributed by atoms with Gasteiger partial charge in [-0.05, 0) is 51.0 Å². The minimum atomic E-state index is 0.689. The molecule has 0 saturated carbocycles. The Kier molecular flexibility index (Phi) is 4.55. The molecular formula is C14H24N4. The first-order valence-corrected chi connectivity index (χ1v) is 6.80. The first-order chi connectivity index (χ1) is 8.70. The summed E-state index contributed by atoms with van der Waals surface area (Å²) < 4.78 is 0. The molecule has 4 heteroatoms. The van der Waals surface area contributed by atoms with E-state index >= 15 is 0 Å². The number of rotatable bonds is 3. The van der Waals surface area contributed by atoms with E-state index in [0.29, 0.717) is 6.54 Å². The van der Waals surface area contributed by atoms with E-state index in [4.69, 9.17) is 5.73 Å². The molecule has 0 amide bonds. The molecule has 0 atom stereocenters. The zero-order valence-electron chi connectivity index (χ0n) is 11.5. The highest BCUT2D eigenvalue weighted by Crippen LogP contribution is 2.19. The van der Waals surface area contributed by atoms with Crippen molar-refractivity contribution in [2.24, 2.45) is 5.73 Å². The van der Waals surface area contributed by atoms with E-state index in [0.717, 1.165) is 31.9 Å². The van der Waals surface area contributed by atoms with Crippen LogP contribution in [0.4, 0.5) is 5.82 Å². The van der Waals surface area contributed by atoms with Crippen molar-refractivity contribution in [2.75, 3.05) is 44.7 Å². The van der Waals surface area contributed by atoms with Gasteiger partial charge in [0, 0.05) is 25.8 Å². The molecule has 1 aliphatic heterocycles. The highest BCUT2D eigenvalue weighted by atomic mass is 15.2. The van der Waals surface area contributed by atoms with Crippen LogP contribution in [0.5, 0.6) is 0 Å². The third-order valence-corrected chi connectivity index (χ3v) is 3.56. The summed E-state index contributed by atoms with van der Waals surface area (Å²) in [4.78, 5) is 9.43. The maximum atomic E-state index is 5.58. The molecule has 2 N–H and O–H groups in total. The van der Waals surface area contributed by atoms with Gasteiger partial charge in [0.1, 0.15) is 5.82 Å². The van der Waals surface area contributed by atoms with Gasteiger partial charge in [0.2, 0.25) is 0 Å². The molecule has 0 aliphatic carbocycles. The molecule has 1 aromatic rings. The second-order valence-corrected chi connectivity index (χ2v) is 5.17. The summed E-state index contributed by atoms with van der Waals surface area (Å²) in [6.45, 7) is 7.31. The number of hydrogen-bond acceptors (Lipinski definition) is 4. The summed E-state index contributed by atoms with van der Waals surface area (Å²) >= 11 is 0. The van der Waals surface area contributed by atoms with Gasteiger partial charge in [0.15, 0.2) is 0 Å². The smallest absolute Gasteiger partial charge is 0.131 e. The Morgan fingerprint density at radius 1 is 1.28 bits per heavy atom. The fourth-order valence-electron chi connectivity index (χ4n) is 2.52. The van der Waals surface area contributed by atoms with Crippen molar-refractivity contribution in [1.82, 2.24) is 9.88 Å². The zero-order valence-corrected chi connectivity index (χ0v) is 11.5. The predicted molar refractivity (Wildman–Crippen MR) is 76.1 cm³/mol. The SMILES string of the molecule is Cc1cc(CCN)cnc1N1CCCN(C)CC1. The second-order valence-electron chi connectivity index (χ2n) is 5.17. The van der Waals surface area contributed by atoms with Gasteiger partial charge in [-0.2, -0.15) is 0 Å². The first kappa shape index (κ1) is 13.3. The average Bonchev–Trinajstić information content (AvgIpc) is 2.55. The van der Waals surface area contributed by atoms with Crippen LogP contribution in [0.3, 0.4) is 0 Å². The summed E-state index contributed by atoms with van der Waals surface area (Å²) in [7, 11) is 2.19. The van der Waals surface area contributed by atoms with Gasteiger partial charge in [-0.25, -0.2) is 4.98 Å². The van der Waals surface area contributed by atoms with Gasteiger partial charge in [0.05, 0.1) is 0 Å². The van der Waals surface area contributed by atoms with Crippen LogP contribution in [0.25, 0.3) is 0 Å². The molecule has 0 radical (unpaired) electrons. The quantitative estimate of drug-likeness (QED) is 0.868. The molecule has 100 valence electrons. The highest BCUT2D eigenvalue weighted by molar-refractivity contribution is 5.47. The molecule has 1 aliphatic rings. The first-order valence-electron chi connectivity index (χ1n) is 6.80. The van der Waals surface area contributed by atoms with Crippen molar-refractivity contribution in [3.8, 4) is 0 Å². The van der Waals surface area contributed by atoms with E-state index in [1.807, 2.05) is 6.20 Å². The molecule has 0 spiro atoms. The topological polar surface area (TPSA) is 45.4 Å². The fourth-order valence-corrected chi connectivity index (χ4v) is 2.52. The molecule has 0 bridgehead atoms. The predicted octanol–water partition coefficient (Wildman–Crippen LogP) is 1.03. The van der Waals surface area contributed by atoms with Gasteiger partial charge < -0.3 is 15.5 Å². The minimum Gasteiger partial charge on any atom is -0.355 e. The van der Waals surface area contributed by atoms with Crippen molar-refractivity contribution in [3.05, 3.63) is 23.4 Å². The Morgan fingerprint density at radius 3 is 2.83 bits per heavy atom.